The number of rotatable bonds is 10. The van der Waals surface area contributed by atoms with Gasteiger partial charge in [-0.3, -0.25) is 9.59 Å². The van der Waals surface area contributed by atoms with E-state index in [4.69, 9.17) is 32.5 Å². The predicted molar refractivity (Wildman–Crippen MR) is 263 cm³/mol. The first-order valence-corrected chi connectivity index (χ1v) is 24.0. The van der Waals surface area contributed by atoms with E-state index in [0.29, 0.717) is 39.6 Å². The quantitative estimate of drug-likeness (QED) is 0.0455. The van der Waals surface area contributed by atoms with E-state index in [0.717, 1.165) is 41.5 Å². The second kappa shape index (κ2) is 29.7. The van der Waals surface area contributed by atoms with Crippen molar-refractivity contribution in [3.05, 3.63) is 238 Å². The Kier molecular flexibility index (Phi) is 25.2. The minimum absolute atomic E-state index is 0. The number of halogens is 4. The van der Waals surface area contributed by atoms with Crippen LogP contribution in [0, 0.1) is 61.8 Å². The number of hydrogen-bond donors (Lipinski definition) is 2. The Bertz CT molecular complexity index is 3600. The van der Waals surface area contributed by atoms with E-state index in [-0.39, 0.29) is 143 Å². The first kappa shape index (κ1) is 64.5. The van der Waals surface area contributed by atoms with Crippen molar-refractivity contribution in [1.82, 2.24) is 0 Å². The second-order valence-electron chi connectivity index (χ2n) is 15.3. The maximum Gasteiger partial charge on any atom is 1.00 e. The number of aromatic hydroxyl groups is 2. The fourth-order valence-corrected chi connectivity index (χ4v) is 7.35. The Morgan fingerprint density at radius 2 is 0.895 bits per heavy atom. The summed E-state index contributed by atoms with van der Waals surface area (Å²) in [7, 11) is -9.62. The minimum Gasteiger partial charge on any atom is -0.744 e. The zero-order chi connectivity index (χ0) is 54.3. The molecule has 376 valence electrons. The average Bonchev–Trinajstić information content (AvgIpc) is 3.36. The molecule has 0 aromatic heterocycles. The zero-order valence-electron chi connectivity index (χ0n) is 40.6. The van der Waals surface area contributed by atoms with Gasteiger partial charge in [-0.2, -0.15) is 0 Å². The molecule has 0 radical (unpaired) electrons. The zero-order valence-corrected chi connectivity index (χ0v) is 48.5. The largest absolute Gasteiger partial charge is 1.00 e. The summed E-state index contributed by atoms with van der Waals surface area (Å²) in [6, 6.07) is 38.8. The summed E-state index contributed by atoms with van der Waals surface area (Å²) in [5, 5.41) is 17.7. The first-order chi connectivity index (χ1) is 34.9. The van der Waals surface area contributed by atoms with Crippen molar-refractivity contribution >= 4 is 31.8 Å². The molecule has 0 saturated heterocycles. The minimum atomic E-state index is -4.90. The number of phenolic OH excluding ortho intramolecular Hbond substituents is 2. The number of ether oxygens (including phenoxy) is 2. The summed E-state index contributed by atoms with van der Waals surface area (Å²) < 4.78 is 128. The van der Waals surface area contributed by atoms with Crippen LogP contribution in [0.1, 0.15) is 54.1 Å². The maximum absolute atomic E-state index is 12.7. The van der Waals surface area contributed by atoms with Gasteiger partial charge < -0.3 is 28.8 Å². The third-order valence-electron chi connectivity index (χ3n) is 9.88. The number of carbonyl (C=O) groups is 2. The van der Waals surface area contributed by atoms with E-state index in [9.17, 15) is 53.1 Å². The topological polar surface area (TPSA) is 207 Å². The van der Waals surface area contributed by atoms with Crippen molar-refractivity contribution in [3.8, 4) is 59.2 Å². The summed E-state index contributed by atoms with van der Waals surface area (Å²) in [6.45, 7) is 3.80. The SMILES string of the molecule is C#Cc1ccc(C)cc1Oc1ccc(Oc2ccc(C(=O)c3ccc(C)cc3)cc2)c(S(=O)(=O)[O-])c1.C#Cc1ccc(F)cc1F.O=C(c1ccc(F)cc1)c1ccc(F)cc1.O=S(=O)([O-])c1cc(O)ccc1O.[K+].[K+]. The molecule has 8 aromatic carbocycles. The molecule has 0 fully saturated rings. The maximum atomic E-state index is 12.7. The number of ketones is 2. The summed E-state index contributed by atoms with van der Waals surface area (Å²) in [5.74, 6) is 1.58. The van der Waals surface area contributed by atoms with Crippen LogP contribution in [-0.2, 0) is 20.2 Å². The van der Waals surface area contributed by atoms with Crippen molar-refractivity contribution in [1.29, 1.82) is 0 Å². The van der Waals surface area contributed by atoms with Crippen molar-refractivity contribution in [2.24, 2.45) is 0 Å². The van der Waals surface area contributed by atoms with Crippen LogP contribution in [-0.4, -0.2) is 47.7 Å². The number of benzene rings is 8. The molecule has 0 heterocycles. The van der Waals surface area contributed by atoms with Crippen LogP contribution < -0.4 is 112 Å². The van der Waals surface area contributed by atoms with Crippen LogP contribution in [0.15, 0.2) is 180 Å². The molecule has 0 aliphatic heterocycles. The van der Waals surface area contributed by atoms with E-state index in [2.05, 4.69) is 11.8 Å². The van der Waals surface area contributed by atoms with Crippen LogP contribution in [0.5, 0.6) is 34.5 Å². The van der Waals surface area contributed by atoms with E-state index in [1.54, 1.807) is 36.4 Å². The van der Waals surface area contributed by atoms with Gasteiger partial charge in [-0.05, 0) is 141 Å². The number of aryl methyl sites for hydroxylation is 2. The molecule has 76 heavy (non-hydrogen) atoms. The summed E-state index contributed by atoms with van der Waals surface area (Å²) >= 11 is 0. The van der Waals surface area contributed by atoms with Crippen molar-refractivity contribution in [2.75, 3.05) is 0 Å². The molecule has 0 aliphatic carbocycles. The molecule has 0 bridgehead atoms. The second-order valence-corrected chi connectivity index (χ2v) is 18.0. The number of carbonyl (C=O) groups excluding carboxylic acids is 2. The average molecular weight is 1120 g/mol. The monoisotopic (exact) mass is 1120 g/mol. The van der Waals surface area contributed by atoms with Crippen LogP contribution in [0.2, 0.25) is 0 Å². The van der Waals surface area contributed by atoms with Gasteiger partial charge in [-0.25, -0.2) is 34.4 Å². The Balaban J connectivity index is 0.000000311. The van der Waals surface area contributed by atoms with Gasteiger partial charge in [-0.15, -0.1) is 12.8 Å². The molecule has 0 spiro atoms. The third-order valence-corrected chi connectivity index (χ3v) is 11.6. The summed E-state index contributed by atoms with van der Waals surface area (Å²) in [6.07, 6.45) is 10.4. The molecule has 0 unspecified atom stereocenters. The molecular formula is C56H38F4K2O12S2. The Morgan fingerprint density at radius 1 is 0.474 bits per heavy atom. The first-order valence-electron chi connectivity index (χ1n) is 21.2. The molecule has 8 rings (SSSR count). The number of hydrogen-bond acceptors (Lipinski definition) is 12. The molecule has 0 aliphatic rings. The molecule has 8 aromatic rings. The standard InChI is InChI=1S/C29H22O6S.C13H8F2O.C8H4F2.C6H6O5S.2K/c1-4-21-8-7-20(3)17-27(21)35-25-15-16-26(28(18-25)36(31,32)33)34-24-13-11-23(12-14-24)29(30)22-9-5-19(2)6-10-22;14-11-5-1-9(2-6-11)13(16)10-3-7-12(15)8-4-10;1-2-6-3-4-7(9)5-8(6)10;7-4-1-2-5(8)6(3-4)12(9,10)11;;/h1,5-18H,2-3H3,(H,31,32,33);1-8H;1,3-5H;1-3,7-8H,(H,9,10,11);;/q;;;;2*+1/p-2. The number of phenols is 2. The van der Waals surface area contributed by atoms with E-state index in [1.165, 1.54) is 78.9 Å². The van der Waals surface area contributed by atoms with Crippen LogP contribution in [0.3, 0.4) is 0 Å². The Labute approximate surface area is 521 Å². The van der Waals surface area contributed by atoms with Gasteiger partial charge >= 0.3 is 103 Å². The van der Waals surface area contributed by atoms with E-state index in [1.807, 2.05) is 32.0 Å². The van der Waals surface area contributed by atoms with Crippen LogP contribution >= 0.6 is 0 Å². The van der Waals surface area contributed by atoms with Gasteiger partial charge in [0.1, 0.15) is 82.9 Å². The van der Waals surface area contributed by atoms with E-state index < -0.39 is 59.0 Å². The molecule has 0 atom stereocenters. The Hall–Kier alpha value is -5.77. The van der Waals surface area contributed by atoms with Crippen molar-refractivity contribution in [2.45, 2.75) is 23.6 Å². The molecule has 2 N–H and O–H groups in total. The summed E-state index contributed by atoms with van der Waals surface area (Å²) in [5.41, 5.74) is 4.26. The molecular weight excluding hydrogens is 1080 g/mol. The normalized spacial score (nSPS) is 10.3. The van der Waals surface area contributed by atoms with Gasteiger partial charge in [0.15, 0.2) is 11.6 Å². The van der Waals surface area contributed by atoms with Crippen molar-refractivity contribution < 1.29 is 176 Å². The molecule has 0 amide bonds. The smallest absolute Gasteiger partial charge is 0.744 e. The number of terminal acetylenes is 2. The fourth-order valence-electron chi connectivity index (χ4n) is 6.14. The molecule has 0 saturated carbocycles. The predicted octanol–water partition coefficient (Wildman–Crippen LogP) is 5.16. The van der Waals surface area contributed by atoms with E-state index >= 15 is 0 Å². The van der Waals surface area contributed by atoms with Gasteiger partial charge in [0, 0.05) is 40.5 Å². The summed E-state index contributed by atoms with van der Waals surface area (Å²) in [4.78, 5) is 23.1. The Morgan fingerprint density at radius 3 is 1.36 bits per heavy atom. The molecule has 12 nitrogen and oxygen atoms in total. The fraction of sp³-hybridized carbons (Fsp3) is 0.0357. The molecule has 20 heteroatoms. The van der Waals surface area contributed by atoms with Gasteiger partial charge in [0.2, 0.25) is 0 Å². The van der Waals surface area contributed by atoms with Crippen molar-refractivity contribution in [3.63, 3.8) is 0 Å². The van der Waals surface area contributed by atoms with Gasteiger partial charge in [-0.1, -0.05) is 47.7 Å². The van der Waals surface area contributed by atoms with Crippen LogP contribution in [0.4, 0.5) is 17.6 Å². The third kappa shape index (κ3) is 19.4. The van der Waals surface area contributed by atoms with Gasteiger partial charge in [0.25, 0.3) is 0 Å². The van der Waals surface area contributed by atoms with Gasteiger partial charge in [0.05, 0.1) is 16.0 Å². The van der Waals surface area contributed by atoms with Crippen LogP contribution in [0.25, 0.3) is 0 Å².